The fourth-order valence-electron chi connectivity index (χ4n) is 1.23. The lowest BCUT2D eigenvalue weighted by Gasteiger charge is -2.03. The van der Waals surface area contributed by atoms with E-state index in [1.54, 1.807) is 26.0 Å². The third-order valence-electron chi connectivity index (χ3n) is 1.96. The fourth-order valence-corrected chi connectivity index (χ4v) is 1.23. The van der Waals surface area contributed by atoms with Crippen LogP contribution in [-0.2, 0) is 14.3 Å². The standard InChI is InChI=1S/C13H14N2O3/c1-4-18-13(17)8-6-11-5-7-12(14-9(11)2)15-10(3)16/h5,7H,4H2,1-3H3,(H,14,15,16). The van der Waals surface area contributed by atoms with Crippen LogP contribution >= 0.6 is 0 Å². The Bertz CT molecular complexity index is 527. The summed E-state index contributed by atoms with van der Waals surface area (Å²) in [5, 5.41) is 2.57. The topological polar surface area (TPSA) is 68.3 Å². The van der Waals surface area contributed by atoms with Gasteiger partial charge in [0.1, 0.15) is 5.82 Å². The number of nitrogens with one attached hydrogen (secondary N) is 1. The second-order valence-corrected chi connectivity index (χ2v) is 3.48. The molecule has 0 atom stereocenters. The molecule has 0 bridgehead atoms. The average molecular weight is 246 g/mol. The number of esters is 1. The summed E-state index contributed by atoms with van der Waals surface area (Å²) in [4.78, 5) is 26.1. The monoisotopic (exact) mass is 246 g/mol. The van der Waals surface area contributed by atoms with Crippen molar-refractivity contribution in [1.82, 2.24) is 4.98 Å². The van der Waals surface area contributed by atoms with E-state index in [1.165, 1.54) is 6.92 Å². The van der Waals surface area contributed by atoms with Gasteiger partial charge in [-0.05, 0) is 26.0 Å². The van der Waals surface area contributed by atoms with Crippen molar-refractivity contribution in [1.29, 1.82) is 0 Å². The van der Waals surface area contributed by atoms with Gasteiger partial charge >= 0.3 is 5.97 Å². The molecule has 1 heterocycles. The van der Waals surface area contributed by atoms with Crippen molar-refractivity contribution in [3.8, 4) is 11.8 Å². The maximum absolute atomic E-state index is 11.1. The molecule has 5 nitrogen and oxygen atoms in total. The van der Waals surface area contributed by atoms with Crippen LogP contribution in [0, 0.1) is 18.8 Å². The quantitative estimate of drug-likeness (QED) is 0.630. The first-order valence-corrected chi connectivity index (χ1v) is 5.47. The highest BCUT2D eigenvalue weighted by Crippen LogP contribution is 2.09. The molecule has 0 unspecified atom stereocenters. The summed E-state index contributed by atoms with van der Waals surface area (Å²) in [6, 6.07) is 3.32. The zero-order valence-electron chi connectivity index (χ0n) is 10.5. The van der Waals surface area contributed by atoms with Crippen LogP contribution in [-0.4, -0.2) is 23.5 Å². The Labute approximate surface area is 106 Å². The number of ether oxygens (including phenoxy) is 1. The molecule has 1 aromatic rings. The van der Waals surface area contributed by atoms with Crippen LogP contribution in [0.1, 0.15) is 25.1 Å². The smallest absolute Gasteiger partial charge is 0.384 e. The number of aryl methyl sites for hydroxylation is 1. The van der Waals surface area contributed by atoms with E-state index < -0.39 is 5.97 Å². The van der Waals surface area contributed by atoms with Crippen LogP contribution in [0.5, 0.6) is 0 Å². The number of amides is 1. The Balaban J connectivity index is 2.85. The van der Waals surface area contributed by atoms with Gasteiger partial charge in [-0.2, -0.15) is 0 Å². The number of carbonyl (C=O) groups is 2. The zero-order chi connectivity index (χ0) is 13.5. The van der Waals surface area contributed by atoms with Crippen LogP contribution < -0.4 is 5.32 Å². The van der Waals surface area contributed by atoms with Gasteiger partial charge in [-0.3, -0.25) is 4.79 Å². The predicted molar refractivity (Wildman–Crippen MR) is 66.8 cm³/mol. The number of pyridine rings is 1. The summed E-state index contributed by atoms with van der Waals surface area (Å²) in [6.45, 7) is 5.17. The van der Waals surface area contributed by atoms with Gasteiger partial charge in [0.25, 0.3) is 0 Å². The van der Waals surface area contributed by atoms with E-state index in [1.807, 2.05) is 0 Å². The van der Waals surface area contributed by atoms with Gasteiger partial charge in [0, 0.05) is 18.4 Å². The number of rotatable bonds is 2. The Morgan fingerprint density at radius 3 is 2.72 bits per heavy atom. The van der Waals surface area contributed by atoms with Crippen LogP contribution in [0.25, 0.3) is 0 Å². The number of carbonyl (C=O) groups excluding carboxylic acids is 2. The second-order valence-electron chi connectivity index (χ2n) is 3.48. The molecular formula is C13H14N2O3. The van der Waals surface area contributed by atoms with E-state index in [0.29, 0.717) is 23.7 Å². The maximum atomic E-state index is 11.1. The van der Waals surface area contributed by atoms with Gasteiger partial charge in [0.15, 0.2) is 0 Å². The molecule has 0 radical (unpaired) electrons. The molecule has 0 saturated heterocycles. The molecule has 0 aliphatic heterocycles. The third kappa shape index (κ3) is 4.26. The first-order valence-electron chi connectivity index (χ1n) is 5.47. The number of anilines is 1. The lowest BCUT2D eigenvalue weighted by atomic mass is 10.2. The number of aromatic nitrogens is 1. The molecule has 0 aromatic carbocycles. The van der Waals surface area contributed by atoms with E-state index in [4.69, 9.17) is 0 Å². The minimum atomic E-state index is -0.567. The van der Waals surface area contributed by atoms with E-state index >= 15 is 0 Å². The van der Waals surface area contributed by atoms with Crippen LogP contribution in [0.4, 0.5) is 5.82 Å². The van der Waals surface area contributed by atoms with Gasteiger partial charge in [-0.25, -0.2) is 9.78 Å². The molecule has 5 heteroatoms. The van der Waals surface area contributed by atoms with Gasteiger partial charge in [-0.15, -0.1) is 0 Å². The van der Waals surface area contributed by atoms with Crippen LogP contribution in [0.2, 0.25) is 0 Å². The third-order valence-corrected chi connectivity index (χ3v) is 1.96. The molecule has 1 aromatic heterocycles. The Kier molecular flexibility index (Phi) is 4.88. The molecule has 94 valence electrons. The van der Waals surface area contributed by atoms with Gasteiger partial charge in [-0.1, -0.05) is 5.92 Å². The van der Waals surface area contributed by atoms with Crippen molar-refractivity contribution in [2.45, 2.75) is 20.8 Å². The normalized spacial score (nSPS) is 9.06. The van der Waals surface area contributed by atoms with Crippen molar-refractivity contribution >= 4 is 17.7 Å². The number of nitrogens with zero attached hydrogens (tertiary/aromatic N) is 1. The van der Waals surface area contributed by atoms with Crippen molar-refractivity contribution in [2.24, 2.45) is 0 Å². The molecular weight excluding hydrogens is 232 g/mol. The highest BCUT2D eigenvalue weighted by molar-refractivity contribution is 5.89. The summed E-state index contributed by atoms with van der Waals surface area (Å²) >= 11 is 0. The molecule has 1 amide bonds. The Hall–Kier alpha value is -2.35. The maximum Gasteiger partial charge on any atom is 0.384 e. The van der Waals surface area contributed by atoms with E-state index in [2.05, 4.69) is 26.9 Å². The van der Waals surface area contributed by atoms with E-state index in [-0.39, 0.29) is 5.91 Å². The summed E-state index contributed by atoms with van der Waals surface area (Å²) in [5.74, 6) is 4.75. The number of hydrogen-bond acceptors (Lipinski definition) is 4. The molecule has 0 aliphatic carbocycles. The SMILES string of the molecule is CCOC(=O)C#Cc1ccc(NC(C)=O)nc1C. The largest absolute Gasteiger partial charge is 0.456 e. The fraction of sp³-hybridized carbons (Fsp3) is 0.308. The molecule has 0 saturated carbocycles. The minimum absolute atomic E-state index is 0.188. The molecule has 18 heavy (non-hydrogen) atoms. The van der Waals surface area contributed by atoms with Gasteiger partial charge in [0.2, 0.25) is 5.91 Å². The van der Waals surface area contributed by atoms with Gasteiger partial charge in [0.05, 0.1) is 12.3 Å². The zero-order valence-corrected chi connectivity index (χ0v) is 10.5. The molecule has 0 aliphatic rings. The Morgan fingerprint density at radius 1 is 1.44 bits per heavy atom. The van der Waals surface area contributed by atoms with Gasteiger partial charge < -0.3 is 10.1 Å². The van der Waals surface area contributed by atoms with Crippen molar-refractivity contribution in [3.63, 3.8) is 0 Å². The molecule has 1 rings (SSSR count). The van der Waals surface area contributed by atoms with Crippen LogP contribution in [0.3, 0.4) is 0 Å². The summed E-state index contributed by atoms with van der Waals surface area (Å²) in [6.07, 6.45) is 0. The lowest BCUT2D eigenvalue weighted by molar-refractivity contribution is -0.136. The first kappa shape index (κ1) is 13.7. The predicted octanol–water partition coefficient (Wildman–Crippen LogP) is 1.26. The second kappa shape index (κ2) is 6.40. The van der Waals surface area contributed by atoms with Crippen LogP contribution in [0.15, 0.2) is 12.1 Å². The molecule has 0 spiro atoms. The molecule has 0 fully saturated rings. The number of hydrogen-bond donors (Lipinski definition) is 1. The van der Waals surface area contributed by atoms with Crippen molar-refractivity contribution in [2.75, 3.05) is 11.9 Å². The minimum Gasteiger partial charge on any atom is -0.456 e. The average Bonchev–Trinajstić information content (AvgIpc) is 2.27. The summed E-state index contributed by atoms with van der Waals surface area (Å²) < 4.78 is 4.69. The summed E-state index contributed by atoms with van der Waals surface area (Å²) in [7, 11) is 0. The highest BCUT2D eigenvalue weighted by Gasteiger charge is 2.01. The summed E-state index contributed by atoms with van der Waals surface area (Å²) in [5.41, 5.74) is 1.26. The first-order chi connectivity index (χ1) is 8.52. The Morgan fingerprint density at radius 2 is 2.17 bits per heavy atom. The highest BCUT2D eigenvalue weighted by atomic mass is 16.5. The van der Waals surface area contributed by atoms with Crippen molar-refractivity contribution < 1.29 is 14.3 Å². The van der Waals surface area contributed by atoms with E-state index in [0.717, 1.165) is 0 Å². The lowest BCUT2D eigenvalue weighted by Crippen LogP contribution is -2.08. The van der Waals surface area contributed by atoms with Crippen molar-refractivity contribution in [3.05, 3.63) is 23.4 Å². The van der Waals surface area contributed by atoms with E-state index in [9.17, 15) is 9.59 Å². The molecule has 1 N–H and O–H groups in total.